The standard InChI is InChI=1S/C14H18ClNO3/c1-10(9-11-5-7-12(15)8-6-11)16-13(17)3-2-4-14(18)19/h5-8,10H,2-4,9H2,1H3,(H,16,17)(H,18,19). The van der Waals surface area contributed by atoms with Crippen LogP contribution in [0.4, 0.5) is 0 Å². The highest BCUT2D eigenvalue weighted by atomic mass is 35.5. The Kier molecular flexibility index (Phi) is 6.36. The van der Waals surface area contributed by atoms with Crippen molar-refractivity contribution in [3.63, 3.8) is 0 Å². The molecule has 1 aromatic rings. The monoisotopic (exact) mass is 283 g/mol. The van der Waals surface area contributed by atoms with Crippen molar-refractivity contribution in [1.82, 2.24) is 5.32 Å². The summed E-state index contributed by atoms with van der Waals surface area (Å²) in [6, 6.07) is 7.50. The van der Waals surface area contributed by atoms with Gasteiger partial charge < -0.3 is 10.4 Å². The number of carboxylic acids is 1. The van der Waals surface area contributed by atoms with E-state index < -0.39 is 5.97 Å². The Bertz CT molecular complexity index is 431. The van der Waals surface area contributed by atoms with Gasteiger partial charge in [0.05, 0.1) is 0 Å². The molecule has 1 unspecified atom stereocenters. The van der Waals surface area contributed by atoms with Gasteiger partial charge in [-0.1, -0.05) is 23.7 Å². The van der Waals surface area contributed by atoms with E-state index in [4.69, 9.17) is 16.7 Å². The van der Waals surface area contributed by atoms with Crippen LogP contribution in [0.15, 0.2) is 24.3 Å². The molecule has 0 saturated heterocycles. The van der Waals surface area contributed by atoms with Crippen LogP contribution in [0.1, 0.15) is 31.7 Å². The van der Waals surface area contributed by atoms with Gasteiger partial charge in [-0.15, -0.1) is 0 Å². The molecule has 5 heteroatoms. The second-order valence-corrected chi connectivity index (χ2v) is 4.98. The summed E-state index contributed by atoms with van der Waals surface area (Å²) >= 11 is 5.80. The second kappa shape index (κ2) is 7.79. The fraction of sp³-hybridized carbons (Fsp3) is 0.429. The van der Waals surface area contributed by atoms with Crippen molar-refractivity contribution >= 4 is 23.5 Å². The van der Waals surface area contributed by atoms with E-state index in [1.807, 2.05) is 31.2 Å². The third kappa shape index (κ3) is 6.82. The number of aliphatic carboxylic acids is 1. The summed E-state index contributed by atoms with van der Waals surface area (Å²) < 4.78 is 0. The summed E-state index contributed by atoms with van der Waals surface area (Å²) in [7, 11) is 0. The van der Waals surface area contributed by atoms with Crippen LogP contribution in [0.25, 0.3) is 0 Å². The minimum Gasteiger partial charge on any atom is -0.481 e. The van der Waals surface area contributed by atoms with Gasteiger partial charge in [0.15, 0.2) is 0 Å². The molecule has 2 N–H and O–H groups in total. The van der Waals surface area contributed by atoms with Gasteiger partial charge in [0.2, 0.25) is 5.91 Å². The Hall–Kier alpha value is -1.55. The third-order valence-corrected chi connectivity index (χ3v) is 2.91. The average Bonchev–Trinajstić information content (AvgIpc) is 2.31. The van der Waals surface area contributed by atoms with Crippen molar-refractivity contribution in [1.29, 1.82) is 0 Å². The number of carbonyl (C=O) groups excluding carboxylic acids is 1. The molecule has 1 atom stereocenters. The number of rotatable bonds is 7. The summed E-state index contributed by atoms with van der Waals surface area (Å²) in [6.45, 7) is 1.92. The van der Waals surface area contributed by atoms with Gasteiger partial charge in [0, 0.05) is 23.9 Å². The van der Waals surface area contributed by atoms with E-state index in [2.05, 4.69) is 5.32 Å². The number of nitrogens with one attached hydrogen (secondary N) is 1. The Morgan fingerprint density at radius 3 is 2.47 bits per heavy atom. The van der Waals surface area contributed by atoms with Crippen molar-refractivity contribution < 1.29 is 14.7 Å². The van der Waals surface area contributed by atoms with Gasteiger partial charge in [-0.2, -0.15) is 0 Å². The highest BCUT2D eigenvalue weighted by molar-refractivity contribution is 6.30. The van der Waals surface area contributed by atoms with Gasteiger partial charge in [-0.3, -0.25) is 9.59 Å². The molecule has 0 aliphatic heterocycles. The lowest BCUT2D eigenvalue weighted by Crippen LogP contribution is -2.33. The van der Waals surface area contributed by atoms with Gasteiger partial charge in [0.25, 0.3) is 0 Å². The lowest BCUT2D eigenvalue weighted by molar-refractivity contribution is -0.137. The fourth-order valence-corrected chi connectivity index (χ4v) is 1.90. The molecule has 0 aliphatic carbocycles. The van der Waals surface area contributed by atoms with Crippen LogP contribution in [0, 0.1) is 0 Å². The van der Waals surface area contributed by atoms with E-state index in [1.165, 1.54) is 0 Å². The van der Waals surface area contributed by atoms with E-state index in [9.17, 15) is 9.59 Å². The predicted octanol–water partition coefficient (Wildman–Crippen LogP) is 2.64. The number of carboxylic acid groups (broad SMARTS) is 1. The minimum atomic E-state index is -0.873. The molecule has 0 spiro atoms. The van der Waals surface area contributed by atoms with Gasteiger partial charge in [0.1, 0.15) is 0 Å². The smallest absolute Gasteiger partial charge is 0.303 e. The normalized spacial score (nSPS) is 11.9. The number of benzene rings is 1. The van der Waals surface area contributed by atoms with Crippen LogP contribution in [0.2, 0.25) is 5.02 Å². The predicted molar refractivity (Wildman–Crippen MR) is 74.2 cm³/mol. The number of hydrogen-bond donors (Lipinski definition) is 2. The molecule has 104 valence electrons. The van der Waals surface area contributed by atoms with Crippen molar-refractivity contribution in [2.24, 2.45) is 0 Å². The lowest BCUT2D eigenvalue weighted by atomic mass is 10.1. The summed E-state index contributed by atoms with van der Waals surface area (Å²) in [6.07, 6.45) is 1.37. The summed E-state index contributed by atoms with van der Waals surface area (Å²) in [5.41, 5.74) is 1.10. The average molecular weight is 284 g/mol. The Morgan fingerprint density at radius 2 is 1.89 bits per heavy atom. The topological polar surface area (TPSA) is 66.4 Å². The van der Waals surface area contributed by atoms with Crippen LogP contribution >= 0.6 is 11.6 Å². The molecule has 4 nitrogen and oxygen atoms in total. The van der Waals surface area contributed by atoms with Gasteiger partial charge >= 0.3 is 5.97 Å². The molecule has 0 heterocycles. The Labute approximate surface area is 117 Å². The van der Waals surface area contributed by atoms with Crippen LogP contribution in [0.5, 0.6) is 0 Å². The SMILES string of the molecule is CC(Cc1ccc(Cl)cc1)NC(=O)CCCC(=O)O. The molecule has 1 amide bonds. The van der Waals surface area contributed by atoms with Crippen LogP contribution in [-0.2, 0) is 16.0 Å². The molecule has 1 rings (SSSR count). The second-order valence-electron chi connectivity index (χ2n) is 4.55. The third-order valence-electron chi connectivity index (χ3n) is 2.66. The van der Waals surface area contributed by atoms with Gasteiger partial charge in [-0.25, -0.2) is 0 Å². The van der Waals surface area contributed by atoms with E-state index in [-0.39, 0.29) is 24.8 Å². The minimum absolute atomic E-state index is 0.0125. The van der Waals surface area contributed by atoms with Gasteiger partial charge in [-0.05, 0) is 37.5 Å². The van der Waals surface area contributed by atoms with E-state index >= 15 is 0 Å². The first-order chi connectivity index (χ1) is 8.97. The molecule has 0 radical (unpaired) electrons. The zero-order valence-electron chi connectivity index (χ0n) is 10.9. The fourth-order valence-electron chi connectivity index (χ4n) is 1.77. The summed E-state index contributed by atoms with van der Waals surface area (Å²) in [5.74, 6) is -0.982. The van der Waals surface area contributed by atoms with E-state index in [0.717, 1.165) is 12.0 Å². The highest BCUT2D eigenvalue weighted by Gasteiger charge is 2.09. The molecular weight excluding hydrogens is 266 g/mol. The quantitative estimate of drug-likeness (QED) is 0.808. The Balaban J connectivity index is 2.30. The molecule has 0 fully saturated rings. The molecule has 19 heavy (non-hydrogen) atoms. The molecule has 0 saturated carbocycles. The molecule has 0 bridgehead atoms. The van der Waals surface area contributed by atoms with Crippen molar-refractivity contribution in [2.75, 3.05) is 0 Å². The van der Waals surface area contributed by atoms with Crippen LogP contribution in [0.3, 0.4) is 0 Å². The molecule has 1 aromatic carbocycles. The maximum atomic E-state index is 11.6. The lowest BCUT2D eigenvalue weighted by Gasteiger charge is -2.13. The zero-order chi connectivity index (χ0) is 14.3. The molecular formula is C14H18ClNO3. The number of amides is 1. The first-order valence-electron chi connectivity index (χ1n) is 6.23. The first kappa shape index (κ1) is 15.5. The number of halogens is 1. The summed E-state index contributed by atoms with van der Waals surface area (Å²) in [4.78, 5) is 21.9. The van der Waals surface area contributed by atoms with Crippen molar-refractivity contribution in [3.05, 3.63) is 34.9 Å². The number of hydrogen-bond acceptors (Lipinski definition) is 2. The zero-order valence-corrected chi connectivity index (χ0v) is 11.6. The van der Waals surface area contributed by atoms with E-state index in [1.54, 1.807) is 0 Å². The van der Waals surface area contributed by atoms with Crippen molar-refractivity contribution in [3.8, 4) is 0 Å². The highest BCUT2D eigenvalue weighted by Crippen LogP contribution is 2.11. The van der Waals surface area contributed by atoms with Crippen LogP contribution in [-0.4, -0.2) is 23.0 Å². The van der Waals surface area contributed by atoms with Crippen molar-refractivity contribution in [2.45, 2.75) is 38.6 Å². The maximum Gasteiger partial charge on any atom is 0.303 e. The maximum absolute atomic E-state index is 11.6. The number of carbonyl (C=O) groups is 2. The first-order valence-corrected chi connectivity index (χ1v) is 6.61. The Morgan fingerprint density at radius 1 is 1.26 bits per heavy atom. The largest absolute Gasteiger partial charge is 0.481 e. The summed E-state index contributed by atoms with van der Waals surface area (Å²) in [5, 5.41) is 12.0. The molecule has 0 aromatic heterocycles. The van der Waals surface area contributed by atoms with E-state index in [0.29, 0.717) is 11.4 Å². The molecule has 0 aliphatic rings. The van der Waals surface area contributed by atoms with Crippen LogP contribution < -0.4 is 5.32 Å².